The summed E-state index contributed by atoms with van der Waals surface area (Å²) in [5, 5.41) is 12.4. The van der Waals surface area contributed by atoms with Crippen LogP contribution in [0.2, 0.25) is 0 Å². The second-order valence-corrected chi connectivity index (χ2v) is 8.67. The minimum Gasteiger partial charge on any atom is -0.445 e. The summed E-state index contributed by atoms with van der Waals surface area (Å²) < 4.78 is 28.6. The first-order valence-electron chi connectivity index (χ1n) is 7.57. The SMILES string of the molecule is CC1(O)CCC(S(C)(=O)=O)CC1NC(=O)OCc1ccccc1. The highest BCUT2D eigenvalue weighted by atomic mass is 32.2. The molecule has 3 atom stereocenters. The number of benzene rings is 1. The number of ether oxygens (including phenoxy) is 1. The molecule has 1 aromatic rings. The van der Waals surface area contributed by atoms with Crippen LogP contribution in [-0.2, 0) is 21.2 Å². The number of hydrogen-bond donors (Lipinski definition) is 2. The molecule has 1 aliphatic rings. The van der Waals surface area contributed by atoms with Gasteiger partial charge in [0.25, 0.3) is 0 Å². The molecular formula is C16H23NO5S. The van der Waals surface area contributed by atoms with E-state index in [1.807, 2.05) is 30.3 Å². The molecule has 1 fully saturated rings. The van der Waals surface area contributed by atoms with Crippen LogP contribution < -0.4 is 5.32 Å². The molecule has 7 heteroatoms. The van der Waals surface area contributed by atoms with Crippen LogP contribution in [0, 0.1) is 0 Å². The summed E-state index contributed by atoms with van der Waals surface area (Å²) in [6.07, 6.45) is 1.42. The average molecular weight is 341 g/mol. The zero-order valence-corrected chi connectivity index (χ0v) is 14.2. The number of amides is 1. The minimum atomic E-state index is -3.20. The van der Waals surface area contributed by atoms with Crippen molar-refractivity contribution in [3.05, 3.63) is 35.9 Å². The van der Waals surface area contributed by atoms with E-state index in [2.05, 4.69) is 5.32 Å². The lowest BCUT2D eigenvalue weighted by atomic mass is 9.81. The summed E-state index contributed by atoms with van der Waals surface area (Å²) in [6.45, 7) is 1.73. The summed E-state index contributed by atoms with van der Waals surface area (Å²) in [5.41, 5.74) is -0.292. The monoisotopic (exact) mass is 341 g/mol. The molecule has 23 heavy (non-hydrogen) atoms. The summed E-state index contributed by atoms with van der Waals surface area (Å²) in [6, 6.07) is 8.58. The molecule has 1 saturated carbocycles. The molecular weight excluding hydrogens is 318 g/mol. The summed E-state index contributed by atoms with van der Waals surface area (Å²) >= 11 is 0. The standard InChI is InChI=1S/C16H23NO5S/c1-16(19)9-8-13(23(2,20)21)10-14(16)17-15(18)22-11-12-6-4-3-5-7-12/h3-7,13-14,19H,8-11H2,1-2H3,(H,17,18). The number of aliphatic hydroxyl groups is 1. The van der Waals surface area contributed by atoms with E-state index < -0.39 is 32.8 Å². The topological polar surface area (TPSA) is 92.7 Å². The molecule has 3 unspecified atom stereocenters. The lowest BCUT2D eigenvalue weighted by Crippen LogP contribution is -2.56. The van der Waals surface area contributed by atoms with E-state index in [9.17, 15) is 18.3 Å². The number of carbonyl (C=O) groups excluding carboxylic acids is 1. The van der Waals surface area contributed by atoms with Crippen molar-refractivity contribution in [1.82, 2.24) is 5.32 Å². The number of sulfone groups is 1. The Bertz CT molecular complexity index is 642. The molecule has 0 radical (unpaired) electrons. The highest BCUT2D eigenvalue weighted by Crippen LogP contribution is 2.31. The maximum Gasteiger partial charge on any atom is 0.407 e. The van der Waals surface area contributed by atoms with Crippen LogP contribution in [0.5, 0.6) is 0 Å². The molecule has 128 valence electrons. The summed E-state index contributed by atoms with van der Waals surface area (Å²) in [4.78, 5) is 11.9. The molecule has 2 N–H and O–H groups in total. The van der Waals surface area contributed by atoms with Gasteiger partial charge >= 0.3 is 6.09 Å². The van der Waals surface area contributed by atoms with Gasteiger partial charge in [0.05, 0.1) is 16.9 Å². The first-order valence-corrected chi connectivity index (χ1v) is 9.52. The molecule has 0 aliphatic heterocycles. The third-order valence-corrected chi connectivity index (χ3v) is 5.97. The van der Waals surface area contributed by atoms with Crippen LogP contribution in [-0.4, -0.2) is 42.8 Å². The van der Waals surface area contributed by atoms with E-state index >= 15 is 0 Å². The van der Waals surface area contributed by atoms with Gasteiger partial charge in [0.2, 0.25) is 0 Å². The van der Waals surface area contributed by atoms with Crippen LogP contribution in [0.4, 0.5) is 4.79 Å². The molecule has 6 nitrogen and oxygen atoms in total. The van der Waals surface area contributed by atoms with Gasteiger partial charge in [-0.3, -0.25) is 0 Å². The van der Waals surface area contributed by atoms with Crippen LogP contribution in [0.3, 0.4) is 0 Å². The molecule has 1 aromatic carbocycles. The Hall–Kier alpha value is -1.60. The van der Waals surface area contributed by atoms with Gasteiger partial charge in [-0.25, -0.2) is 13.2 Å². The van der Waals surface area contributed by atoms with E-state index in [4.69, 9.17) is 4.74 Å². The third kappa shape index (κ3) is 4.94. The fraction of sp³-hybridized carbons (Fsp3) is 0.562. The fourth-order valence-electron chi connectivity index (χ4n) is 2.77. The van der Waals surface area contributed by atoms with Crippen LogP contribution >= 0.6 is 0 Å². The molecule has 0 spiro atoms. The second-order valence-electron chi connectivity index (χ2n) is 6.34. The Kier molecular flexibility index (Phi) is 5.31. The smallest absolute Gasteiger partial charge is 0.407 e. The van der Waals surface area contributed by atoms with E-state index in [1.165, 1.54) is 6.26 Å². The lowest BCUT2D eigenvalue weighted by molar-refractivity contribution is -0.00961. The Morgan fingerprint density at radius 1 is 1.39 bits per heavy atom. The van der Waals surface area contributed by atoms with Crippen LogP contribution in [0.25, 0.3) is 0 Å². The largest absolute Gasteiger partial charge is 0.445 e. The van der Waals surface area contributed by atoms with Gasteiger partial charge in [-0.05, 0) is 31.7 Å². The predicted molar refractivity (Wildman–Crippen MR) is 86.7 cm³/mol. The van der Waals surface area contributed by atoms with Crippen LogP contribution in [0.1, 0.15) is 31.7 Å². The predicted octanol–water partition coefficient (Wildman–Crippen LogP) is 1.63. The Labute approximate surface area is 136 Å². The number of carbonyl (C=O) groups is 1. The van der Waals surface area contributed by atoms with Gasteiger partial charge in [0.1, 0.15) is 16.4 Å². The molecule has 0 heterocycles. The summed E-state index contributed by atoms with van der Waals surface area (Å²) in [7, 11) is -3.20. The first-order chi connectivity index (χ1) is 10.7. The van der Waals surface area contributed by atoms with Crippen molar-refractivity contribution in [3.8, 4) is 0 Å². The van der Waals surface area contributed by atoms with Gasteiger partial charge in [-0.15, -0.1) is 0 Å². The zero-order valence-electron chi connectivity index (χ0n) is 13.4. The van der Waals surface area contributed by atoms with Crippen molar-refractivity contribution in [2.45, 2.75) is 49.7 Å². The van der Waals surface area contributed by atoms with Gasteiger partial charge in [0.15, 0.2) is 0 Å². The molecule has 0 aromatic heterocycles. The van der Waals surface area contributed by atoms with Gasteiger partial charge in [0, 0.05) is 6.26 Å². The van der Waals surface area contributed by atoms with E-state index in [0.29, 0.717) is 12.8 Å². The van der Waals surface area contributed by atoms with Crippen molar-refractivity contribution in [3.63, 3.8) is 0 Å². The highest BCUT2D eigenvalue weighted by molar-refractivity contribution is 7.91. The lowest BCUT2D eigenvalue weighted by Gasteiger charge is -2.40. The van der Waals surface area contributed by atoms with Gasteiger partial charge < -0.3 is 15.2 Å². The van der Waals surface area contributed by atoms with Crippen LogP contribution in [0.15, 0.2) is 30.3 Å². The number of alkyl carbamates (subject to hydrolysis) is 1. The second kappa shape index (κ2) is 6.88. The molecule has 1 aliphatic carbocycles. The zero-order chi connectivity index (χ0) is 17.1. The molecule has 0 saturated heterocycles. The Morgan fingerprint density at radius 2 is 2.04 bits per heavy atom. The van der Waals surface area contributed by atoms with Crippen molar-refractivity contribution in [2.75, 3.05) is 6.26 Å². The quantitative estimate of drug-likeness (QED) is 0.868. The molecule has 0 bridgehead atoms. The summed E-state index contributed by atoms with van der Waals surface area (Å²) in [5.74, 6) is 0. The van der Waals surface area contributed by atoms with Crippen molar-refractivity contribution in [2.24, 2.45) is 0 Å². The van der Waals surface area contributed by atoms with Crippen molar-refractivity contribution in [1.29, 1.82) is 0 Å². The van der Waals surface area contributed by atoms with Gasteiger partial charge in [-0.1, -0.05) is 30.3 Å². The normalized spacial score (nSPS) is 28.1. The molecule has 2 rings (SSSR count). The molecule has 1 amide bonds. The number of hydrogen-bond acceptors (Lipinski definition) is 5. The third-order valence-electron chi connectivity index (χ3n) is 4.33. The van der Waals surface area contributed by atoms with E-state index in [0.717, 1.165) is 5.56 Å². The van der Waals surface area contributed by atoms with Gasteiger partial charge in [-0.2, -0.15) is 0 Å². The fourth-order valence-corrected chi connectivity index (χ4v) is 3.86. The van der Waals surface area contributed by atoms with E-state index in [1.54, 1.807) is 6.92 Å². The van der Waals surface area contributed by atoms with Crippen molar-refractivity contribution >= 4 is 15.9 Å². The van der Waals surface area contributed by atoms with Crippen molar-refractivity contribution < 1.29 is 23.1 Å². The Morgan fingerprint density at radius 3 is 2.65 bits per heavy atom. The number of nitrogens with one attached hydrogen (secondary N) is 1. The van der Waals surface area contributed by atoms with E-state index in [-0.39, 0.29) is 13.0 Å². The first kappa shape index (κ1) is 17.7. The number of rotatable bonds is 4. The Balaban J connectivity index is 1.94. The maximum absolute atomic E-state index is 11.9. The maximum atomic E-state index is 11.9. The average Bonchev–Trinajstić information content (AvgIpc) is 2.47. The highest BCUT2D eigenvalue weighted by Gasteiger charge is 2.42. The minimum absolute atomic E-state index is 0.122.